The number of rotatable bonds is 4. The summed E-state index contributed by atoms with van der Waals surface area (Å²) in [5, 5.41) is 9.77. The first-order chi connectivity index (χ1) is 12.2. The maximum Gasteiger partial charge on any atom is 0.221 e. The average molecular weight is 384 g/mol. The number of aliphatic hydroxyl groups excluding tert-OH is 1. The number of carbonyl (C=O) groups is 1. The molecule has 3 rings (SSSR count). The molecule has 1 heterocycles. The van der Waals surface area contributed by atoms with Crippen molar-refractivity contribution >= 4 is 16.6 Å². The van der Waals surface area contributed by atoms with Crippen LogP contribution in [-0.2, 0) is 34.5 Å². The van der Waals surface area contributed by atoms with Crippen molar-refractivity contribution in [2.24, 2.45) is 0 Å². The summed E-state index contributed by atoms with van der Waals surface area (Å²) in [6.07, 6.45) is -1.14. The maximum absolute atomic E-state index is 13.2. The van der Waals surface area contributed by atoms with Crippen LogP contribution in [0.1, 0.15) is 20.3 Å². The average Bonchev–Trinajstić information content (AvgIpc) is 2.90. The van der Waals surface area contributed by atoms with E-state index >= 15 is 0 Å². The SMILES string of the molecule is CO[C@]1(C)OC[C@]2(O[C@@]1(C)OC)C(=O)C(S(=O)c1ccccc1)C[C@H]2O. The molecule has 144 valence electrons. The largest absolute Gasteiger partial charge is 0.389 e. The highest BCUT2D eigenvalue weighted by Crippen LogP contribution is 2.46. The Kier molecular flexibility index (Phi) is 5.11. The zero-order valence-corrected chi connectivity index (χ0v) is 16.1. The molecule has 1 aromatic carbocycles. The van der Waals surface area contributed by atoms with Crippen molar-refractivity contribution in [3.63, 3.8) is 0 Å². The van der Waals surface area contributed by atoms with Crippen LogP contribution in [-0.4, -0.2) is 64.5 Å². The van der Waals surface area contributed by atoms with Crippen molar-refractivity contribution in [3.8, 4) is 0 Å². The molecule has 7 nitrogen and oxygen atoms in total. The number of carbonyl (C=O) groups excluding carboxylic acids is 1. The highest BCUT2D eigenvalue weighted by molar-refractivity contribution is 7.86. The van der Waals surface area contributed by atoms with E-state index in [0.717, 1.165) is 0 Å². The number of ether oxygens (including phenoxy) is 4. The Morgan fingerprint density at radius 1 is 1.15 bits per heavy atom. The van der Waals surface area contributed by atoms with Gasteiger partial charge in [0.2, 0.25) is 11.6 Å². The van der Waals surface area contributed by atoms with Crippen LogP contribution >= 0.6 is 0 Å². The monoisotopic (exact) mass is 384 g/mol. The zero-order valence-electron chi connectivity index (χ0n) is 15.3. The first-order valence-corrected chi connectivity index (χ1v) is 9.57. The maximum atomic E-state index is 13.2. The van der Waals surface area contributed by atoms with Crippen molar-refractivity contribution in [2.45, 2.75) is 53.7 Å². The van der Waals surface area contributed by atoms with Crippen molar-refractivity contribution in [2.75, 3.05) is 20.8 Å². The molecule has 2 unspecified atom stereocenters. The summed E-state index contributed by atoms with van der Waals surface area (Å²) in [7, 11) is 1.25. The van der Waals surface area contributed by atoms with Crippen LogP contribution in [0.3, 0.4) is 0 Å². The Morgan fingerprint density at radius 3 is 2.35 bits per heavy atom. The topological polar surface area (TPSA) is 91.3 Å². The second-order valence-electron chi connectivity index (χ2n) is 6.79. The van der Waals surface area contributed by atoms with Gasteiger partial charge in [-0.2, -0.15) is 0 Å². The third-order valence-electron chi connectivity index (χ3n) is 5.46. The molecule has 6 atom stereocenters. The molecule has 0 aromatic heterocycles. The second-order valence-corrected chi connectivity index (χ2v) is 8.43. The van der Waals surface area contributed by atoms with Gasteiger partial charge in [0.25, 0.3) is 0 Å². The predicted molar refractivity (Wildman–Crippen MR) is 92.9 cm³/mol. The zero-order chi connectivity index (χ0) is 19.2. The minimum absolute atomic E-state index is 0.0210. The minimum atomic E-state index is -1.64. The standard InChI is InChI=1S/C18H24O7S/c1-16(22-3)17(2,23-4)25-18(11-24-16)14(19)10-13(15(18)20)26(21)12-8-6-5-7-9-12/h5-9,13-14,19H,10-11H2,1-4H3/t13?,14-,16-,17-,18-,26?/m1/s1. The Hall–Kier alpha value is -1.16. The lowest BCUT2D eigenvalue weighted by molar-refractivity contribution is -0.449. The molecule has 2 fully saturated rings. The van der Waals surface area contributed by atoms with Gasteiger partial charge in [-0.1, -0.05) is 18.2 Å². The van der Waals surface area contributed by atoms with E-state index in [9.17, 15) is 14.1 Å². The highest BCUT2D eigenvalue weighted by atomic mass is 32.2. The van der Waals surface area contributed by atoms with E-state index in [0.29, 0.717) is 4.90 Å². The molecule has 0 radical (unpaired) electrons. The molecule has 1 N–H and O–H groups in total. The number of aliphatic hydroxyl groups is 1. The van der Waals surface area contributed by atoms with E-state index in [4.69, 9.17) is 18.9 Å². The lowest BCUT2D eigenvalue weighted by Crippen LogP contribution is -2.70. The number of hydrogen-bond donors (Lipinski definition) is 1. The molecule has 1 aliphatic carbocycles. The molecule has 8 heteroatoms. The molecule has 26 heavy (non-hydrogen) atoms. The number of benzene rings is 1. The van der Waals surface area contributed by atoms with E-state index < -0.39 is 45.1 Å². The minimum Gasteiger partial charge on any atom is -0.389 e. The third-order valence-corrected chi connectivity index (χ3v) is 7.12. The summed E-state index contributed by atoms with van der Waals surface area (Å²) in [4.78, 5) is 13.7. The van der Waals surface area contributed by atoms with Gasteiger partial charge in [0, 0.05) is 19.1 Å². The van der Waals surface area contributed by atoms with E-state index in [1.165, 1.54) is 14.2 Å². The van der Waals surface area contributed by atoms with Gasteiger partial charge < -0.3 is 24.1 Å². The van der Waals surface area contributed by atoms with E-state index in [-0.39, 0.29) is 13.0 Å². The molecule has 0 bridgehead atoms. The predicted octanol–water partition coefficient (Wildman–Crippen LogP) is 1.01. The summed E-state index contributed by atoms with van der Waals surface area (Å²) >= 11 is 0. The van der Waals surface area contributed by atoms with E-state index in [1.54, 1.807) is 44.2 Å². The van der Waals surface area contributed by atoms with Gasteiger partial charge in [0.05, 0.1) is 23.5 Å². The van der Waals surface area contributed by atoms with Gasteiger partial charge in [-0.05, 0) is 32.4 Å². The quantitative estimate of drug-likeness (QED) is 0.828. The number of hydrogen-bond acceptors (Lipinski definition) is 7. The summed E-state index contributed by atoms with van der Waals surface area (Å²) < 4.78 is 35.5. The molecule has 1 aromatic rings. The van der Waals surface area contributed by atoms with Gasteiger partial charge in [-0.15, -0.1) is 0 Å². The molecule has 1 saturated heterocycles. The van der Waals surface area contributed by atoms with Crippen LogP contribution in [0, 0.1) is 0 Å². The van der Waals surface area contributed by atoms with Gasteiger partial charge in [-0.3, -0.25) is 9.00 Å². The van der Waals surface area contributed by atoms with Crippen molar-refractivity contribution in [1.29, 1.82) is 0 Å². The molecule has 2 aliphatic rings. The summed E-state index contributed by atoms with van der Waals surface area (Å²) in [5.74, 6) is -3.14. The lowest BCUT2D eigenvalue weighted by atomic mass is 9.94. The Balaban J connectivity index is 1.92. The summed E-state index contributed by atoms with van der Waals surface area (Å²) in [6, 6.07) is 8.71. The molecule has 1 spiro atoms. The van der Waals surface area contributed by atoms with Crippen LogP contribution in [0.5, 0.6) is 0 Å². The fourth-order valence-corrected chi connectivity index (χ4v) is 4.95. The van der Waals surface area contributed by atoms with Crippen LogP contribution in [0.25, 0.3) is 0 Å². The third kappa shape index (κ3) is 2.76. The fraction of sp³-hybridized carbons (Fsp3) is 0.611. The Morgan fingerprint density at radius 2 is 1.77 bits per heavy atom. The van der Waals surface area contributed by atoms with Crippen molar-refractivity contribution in [1.82, 2.24) is 0 Å². The molecular weight excluding hydrogens is 360 g/mol. The number of ketones is 1. The fourth-order valence-electron chi connectivity index (χ4n) is 3.44. The first-order valence-electron chi connectivity index (χ1n) is 8.35. The Bertz CT molecular complexity index is 711. The van der Waals surface area contributed by atoms with E-state index in [1.807, 2.05) is 0 Å². The smallest absolute Gasteiger partial charge is 0.221 e. The van der Waals surface area contributed by atoms with Crippen LogP contribution in [0.15, 0.2) is 35.2 Å². The lowest BCUT2D eigenvalue weighted by Gasteiger charge is -2.52. The van der Waals surface area contributed by atoms with Gasteiger partial charge >= 0.3 is 0 Å². The Labute approximate surface area is 155 Å². The summed E-state index contributed by atoms with van der Waals surface area (Å²) in [6.45, 7) is 3.01. The second kappa shape index (κ2) is 6.78. The molecule has 1 aliphatic heterocycles. The van der Waals surface area contributed by atoms with Crippen molar-refractivity contribution in [3.05, 3.63) is 30.3 Å². The van der Waals surface area contributed by atoms with Crippen LogP contribution in [0.2, 0.25) is 0 Å². The van der Waals surface area contributed by atoms with E-state index in [2.05, 4.69) is 0 Å². The highest BCUT2D eigenvalue weighted by Gasteiger charge is 2.67. The van der Waals surface area contributed by atoms with Gasteiger partial charge in [0.15, 0.2) is 11.4 Å². The van der Waals surface area contributed by atoms with Crippen LogP contribution in [0.4, 0.5) is 0 Å². The molecular formula is C18H24O7S. The number of methoxy groups -OCH3 is 2. The first kappa shape index (κ1) is 19.6. The number of Topliss-reactive ketones (excluding diaryl/α,β-unsaturated/α-hetero) is 1. The van der Waals surface area contributed by atoms with Gasteiger partial charge in [0.1, 0.15) is 5.25 Å². The van der Waals surface area contributed by atoms with Crippen molar-refractivity contribution < 1.29 is 33.1 Å². The van der Waals surface area contributed by atoms with Gasteiger partial charge in [-0.25, -0.2) is 0 Å². The molecule has 1 saturated carbocycles. The van der Waals surface area contributed by atoms with Crippen LogP contribution < -0.4 is 0 Å². The summed E-state index contributed by atoms with van der Waals surface area (Å²) in [5.41, 5.74) is -1.64. The molecule has 0 amide bonds. The normalized spacial score (nSPS) is 41.5.